The number of rotatable bonds is 5. The van der Waals surface area contributed by atoms with Crippen molar-refractivity contribution in [2.75, 3.05) is 19.7 Å². The Hall–Kier alpha value is -1.98. The summed E-state index contributed by atoms with van der Waals surface area (Å²) in [6.45, 7) is 8.87. The molecule has 27 heavy (non-hydrogen) atoms. The van der Waals surface area contributed by atoms with Gasteiger partial charge in [-0.3, -0.25) is 4.79 Å². The second-order valence-electron chi connectivity index (χ2n) is 7.82. The number of esters is 1. The fourth-order valence-electron chi connectivity index (χ4n) is 4.58. The second-order valence-corrected chi connectivity index (χ2v) is 7.82. The Morgan fingerprint density at radius 2 is 1.89 bits per heavy atom. The predicted octanol–water partition coefficient (Wildman–Crippen LogP) is 3.64. The monoisotopic (exact) mass is 375 g/mol. The lowest BCUT2D eigenvalue weighted by molar-refractivity contribution is -0.149. The molecule has 6 nitrogen and oxygen atoms in total. The van der Waals surface area contributed by atoms with E-state index in [9.17, 15) is 9.59 Å². The molecule has 0 radical (unpaired) electrons. The Morgan fingerprint density at radius 3 is 2.56 bits per heavy atom. The van der Waals surface area contributed by atoms with E-state index in [-0.39, 0.29) is 24.0 Å². The number of nitrogens with zero attached hydrogens (tertiary/aromatic N) is 2. The molecule has 1 saturated carbocycles. The zero-order chi connectivity index (χ0) is 19.4. The van der Waals surface area contributed by atoms with Gasteiger partial charge >= 0.3 is 12.0 Å². The minimum absolute atomic E-state index is 0.0412. The van der Waals surface area contributed by atoms with Gasteiger partial charge in [-0.25, -0.2) is 4.79 Å². The van der Waals surface area contributed by atoms with Crippen LogP contribution in [0.5, 0.6) is 0 Å². The van der Waals surface area contributed by atoms with Crippen molar-refractivity contribution in [3.8, 4) is 0 Å². The van der Waals surface area contributed by atoms with Crippen LogP contribution in [0.4, 0.5) is 4.79 Å². The summed E-state index contributed by atoms with van der Waals surface area (Å²) >= 11 is 0. The fraction of sp³-hybridized carbons (Fsp3) is 0.714. The van der Waals surface area contributed by atoms with E-state index in [4.69, 9.17) is 4.74 Å². The maximum absolute atomic E-state index is 12.8. The lowest BCUT2D eigenvalue weighted by atomic mass is 9.82. The molecular weight excluding hydrogens is 342 g/mol. The molecule has 1 aromatic heterocycles. The molecule has 1 aliphatic heterocycles. The van der Waals surface area contributed by atoms with E-state index in [0.29, 0.717) is 19.1 Å². The van der Waals surface area contributed by atoms with Crippen LogP contribution in [0.1, 0.15) is 63.4 Å². The molecule has 150 valence electrons. The highest BCUT2D eigenvalue weighted by molar-refractivity contribution is 5.75. The van der Waals surface area contributed by atoms with Gasteiger partial charge in [0, 0.05) is 31.0 Å². The molecule has 6 heteroatoms. The molecule has 0 saturated heterocycles. The fourth-order valence-corrected chi connectivity index (χ4v) is 4.58. The number of nitrogens with one attached hydrogen (secondary N) is 1. The van der Waals surface area contributed by atoms with Gasteiger partial charge in [-0.15, -0.1) is 0 Å². The van der Waals surface area contributed by atoms with Gasteiger partial charge in [0.05, 0.1) is 18.6 Å². The first-order chi connectivity index (χ1) is 13.0. The smallest absolute Gasteiger partial charge is 0.318 e. The van der Waals surface area contributed by atoms with Gasteiger partial charge in [0.2, 0.25) is 0 Å². The summed E-state index contributed by atoms with van der Waals surface area (Å²) in [4.78, 5) is 26.6. The molecule has 1 N–H and O–H groups in total. The van der Waals surface area contributed by atoms with Gasteiger partial charge in [-0.1, -0.05) is 6.92 Å². The molecule has 0 spiro atoms. The van der Waals surface area contributed by atoms with Crippen LogP contribution in [0.25, 0.3) is 0 Å². The molecule has 1 aliphatic carbocycles. The summed E-state index contributed by atoms with van der Waals surface area (Å²) in [6.07, 6.45) is 4.61. The number of hydrogen-bond acceptors (Lipinski definition) is 3. The molecule has 1 fully saturated rings. The highest BCUT2D eigenvalue weighted by Crippen LogP contribution is 2.31. The maximum atomic E-state index is 12.8. The van der Waals surface area contributed by atoms with Crippen molar-refractivity contribution in [3.05, 3.63) is 23.5 Å². The number of hydrogen-bond donors (Lipinski definition) is 1. The van der Waals surface area contributed by atoms with Crippen molar-refractivity contribution >= 4 is 12.0 Å². The maximum Gasteiger partial charge on any atom is 0.318 e. The van der Waals surface area contributed by atoms with Crippen molar-refractivity contribution in [1.82, 2.24) is 14.8 Å². The molecule has 1 aromatic rings. The van der Waals surface area contributed by atoms with Crippen molar-refractivity contribution in [3.63, 3.8) is 0 Å². The Balaban J connectivity index is 1.49. The van der Waals surface area contributed by atoms with E-state index in [1.54, 1.807) is 0 Å². The normalized spacial score (nSPS) is 25.0. The molecule has 2 amide bonds. The van der Waals surface area contributed by atoms with Crippen molar-refractivity contribution in [2.24, 2.45) is 11.8 Å². The lowest BCUT2D eigenvalue weighted by Crippen LogP contribution is -2.48. The number of fused-ring (bicyclic) bond motifs is 1. The van der Waals surface area contributed by atoms with E-state index < -0.39 is 0 Å². The number of ether oxygens (including phenoxy) is 1. The zero-order valence-corrected chi connectivity index (χ0v) is 16.9. The van der Waals surface area contributed by atoms with E-state index in [1.165, 1.54) is 11.4 Å². The van der Waals surface area contributed by atoms with Crippen LogP contribution >= 0.6 is 0 Å². The summed E-state index contributed by atoms with van der Waals surface area (Å²) in [5, 5.41) is 3.15. The molecular formula is C21H33N3O3. The van der Waals surface area contributed by atoms with Crippen LogP contribution in [0.3, 0.4) is 0 Å². The van der Waals surface area contributed by atoms with Gasteiger partial charge in [0.25, 0.3) is 0 Å². The molecule has 3 rings (SSSR count). The van der Waals surface area contributed by atoms with E-state index in [2.05, 4.69) is 35.9 Å². The summed E-state index contributed by atoms with van der Waals surface area (Å²) in [5.74, 6) is 0.437. The van der Waals surface area contributed by atoms with Crippen LogP contribution in [-0.2, 0) is 16.1 Å². The van der Waals surface area contributed by atoms with E-state index in [0.717, 1.165) is 45.2 Å². The first-order valence-electron chi connectivity index (χ1n) is 10.4. The quantitative estimate of drug-likeness (QED) is 0.799. The molecule has 0 bridgehead atoms. The van der Waals surface area contributed by atoms with Crippen LogP contribution in [-0.4, -0.2) is 41.2 Å². The Kier molecular flexibility index (Phi) is 6.45. The molecule has 1 unspecified atom stereocenters. The standard InChI is InChI=1S/C21H33N3O3/c1-4-18-19-11-6-15(3)23(19)12-13-24(18)21(26)22-14-16-7-9-17(10-8-16)20(25)27-5-2/h6,11,16-18H,4-5,7-10,12-14H2,1-3H3,(H,22,26). The number of aromatic nitrogens is 1. The molecule has 2 heterocycles. The Bertz CT molecular complexity index is 662. The van der Waals surface area contributed by atoms with Gasteiger partial charge in [-0.2, -0.15) is 0 Å². The average Bonchev–Trinajstić information content (AvgIpc) is 3.07. The van der Waals surface area contributed by atoms with Crippen LogP contribution in [0.2, 0.25) is 0 Å². The molecule has 2 aliphatic rings. The molecule has 1 atom stereocenters. The highest BCUT2D eigenvalue weighted by atomic mass is 16.5. The SMILES string of the molecule is CCOC(=O)C1CCC(CNC(=O)N2CCn3c(C)ccc3C2CC)CC1. The van der Waals surface area contributed by atoms with E-state index >= 15 is 0 Å². The Morgan fingerprint density at radius 1 is 1.15 bits per heavy atom. The molecule has 0 aromatic carbocycles. The van der Waals surface area contributed by atoms with Crippen molar-refractivity contribution < 1.29 is 14.3 Å². The second kappa shape index (κ2) is 8.81. The van der Waals surface area contributed by atoms with Crippen LogP contribution in [0.15, 0.2) is 12.1 Å². The topological polar surface area (TPSA) is 63.6 Å². The van der Waals surface area contributed by atoms with E-state index in [1.807, 2.05) is 11.8 Å². The van der Waals surface area contributed by atoms with Gasteiger partial charge < -0.3 is 19.5 Å². The summed E-state index contributed by atoms with van der Waals surface area (Å²) in [5.41, 5.74) is 2.51. The van der Waals surface area contributed by atoms with Crippen LogP contribution in [0, 0.1) is 18.8 Å². The number of aryl methyl sites for hydroxylation is 1. The number of urea groups is 1. The summed E-state index contributed by atoms with van der Waals surface area (Å²) in [7, 11) is 0. The first-order valence-corrected chi connectivity index (χ1v) is 10.4. The van der Waals surface area contributed by atoms with Gasteiger partial charge in [0.1, 0.15) is 0 Å². The predicted molar refractivity (Wildman–Crippen MR) is 104 cm³/mol. The third-order valence-electron chi connectivity index (χ3n) is 6.17. The average molecular weight is 376 g/mol. The number of carbonyl (C=O) groups is 2. The number of amides is 2. The minimum atomic E-state index is -0.0580. The largest absolute Gasteiger partial charge is 0.466 e. The third-order valence-corrected chi connectivity index (χ3v) is 6.17. The lowest BCUT2D eigenvalue weighted by Gasteiger charge is -2.37. The van der Waals surface area contributed by atoms with Crippen molar-refractivity contribution in [1.29, 1.82) is 0 Å². The van der Waals surface area contributed by atoms with Gasteiger partial charge in [0.15, 0.2) is 0 Å². The first kappa shape index (κ1) is 19.8. The Labute approximate surface area is 162 Å². The zero-order valence-electron chi connectivity index (χ0n) is 16.9. The highest BCUT2D eigenvalue weighted by Gasteiger charge is 2.31. The summed E-state index contributed by atoms with van der Waals surface area (Å²) < 4.78 is 7.46. The number of carbonyl (C=O) groups excluding carboxylic acids is 2. The summed E-state index contributed by atoms with van der Waals surface area (Å²) in [6, 6.07) is 4.48. The van der Waals surface area contributed by atoms with Gasteiger partial charge in [-0.05, 0) is 64.0 Å². The third kappa shape index (κ3) is 4.30. The minimum Gasteiger partial charge on any atom is -0.466 e. The van der Waals surface area contributed by atoms with Crippen molar-refractivity contribution in [2.45, 2.75) is 65.5 Å². The van der Waals surface area contributed by atoms with Crippen LogP contribution < -0.4 is 5.32 Å².